The van der Waals surface area contributed by atoms with E-state index in [0.717, 1.165) is 11.1 Å². The standard InChI is InChI=1S/C16H20N2/c1-11-9-13(10-18-15(11)17)12-5-7-14(8-6-12)16(2,3)4/h5-10H,1-4H3,(H2,17,18). The van der Waals surface area contributed by atoms with Crippen molar-refractivity contribution in [3.05, 3.63) is 47.7 Å². The first kappa shape index (κ1) is 12.6. The third-order valence-corrected chi connectivity index (χ3v) is 3.20. The Labute approximate surface area is 109 Å². The molecule has 2 aromatic rings. The molecule has 18 heavy (non-hydrogen) atoms. The summed E-state index contributed by atoms with van der Waals surface area (Å²) in [6.07, 6.45) is 1.83. The molecule has 2 heteroatoms. The molecule has 0 aliphatic carbocycles. The maximum atomic E-state index is 5.74. The highest BCUT2D eigenvalue weighted by Crippen LogP contribution is 2.26. The van der Waals surface area contributed by atoms with E-state index in [-0.39, 0.29) is 5.41 Å². The quantitative estimate of drug-likeness (QED) is 0.820. The van der Waals surface area contributed by atoms with Crippen molar-refractivity contribution in [3.63, 3.8) is 0 Å². The smallest absolute Gasteiger partial charge is 0.126 e. The second-order valence-electron chi connectivity index (χ2n) is 5.75. The third-order valence-electron chi connectivity index (χ3n) is 3.20. The lowest BCUT2D eigenvalue weighted by Gasteiger charge is -2.19. The van der Waals surface area contributed by atoms with Crippen molar-refractivity contribution in [1.82, 2.24) is 4.98 Å². The first-order valence-corrected chi connectivity index (χ1v) is 6.21. The molecule has 0 radical (unpaired) electrons. The van der Waals surface area contributed by atoms with Crippen LogP contribution in [0.1, 0.15) is 31.9 Å². The molecule has 0 spiro atoms. The molecule has 1 aromatic heterocycles. The summed E-state index contributed by atoms with van der Waals surface area (Å²) in [6.45, 7) is 8.64. The van der Waals surface area contributed by atoms with Crippen LogP contribution in [0, 0.1) is 6.92 Å². The summed E-state index contributed by atoms with van der Waals surface area (Å²) in [4.78, 5) is 4.20. The molecule has 0 aliphatic rings. The second-order valence-corrected chi connectivity index (χ2v) is 5.75. The van der Waals surface area contributed by atoms with Gasteiger partial charge < -0.3 is 5.73 Å². The van der Waals surface area contributed by atoms with E-state index in [1.165, 1.54) is 11.1 Å². The Bertz CT molecular complexity index is 548. The second kappa shape index (κ2) is 4.45. The lowest BCUT2D eigenvalue weighted by molar-refractivity contribution is 0.590. The van der Waals surface area contributed by atoms with Crippen molar-refractivity contribution in [2.45, 2.75) is 33.1 Å². The van der Waals surface area contributed by atoms with Gasteiger partial charge in [-0.1, -0.05) is 45.0 Å². The summed E-state index contributed by atoms with van der Waals surface area (Å²) in [7, 11) is 0. The monoisotopic (exact) mass is 240 g/mol. The van der Waals surface area contributed by atoms with E-state index in [9.17, 15) is 0 Å². The Kier molecular flexibility index (Phi) is 3.12. The summed E-state index contributed by atoms with van der Waals surface area (Å²) in [5.41, 5.74) is 10.6. The van der Waals surface area contributed by atoms with Crippen LogP contribution >= 0.6 is 0 Å². The van der Waals surface area contributed by atoms with E-state index < -0.39 is 0 Å². The number of hydrogen-bond donors (Lipinski definition) is 1. The van der Waals surface area contributed by atoms with Crippen LogP contribution in [0.15, 0.2) is 36.5 Å². The van der Waals surface area contributed by atoms with E-state index in [0.29, 0.717) is 5.82 Å². The number of rotatable bonds is 1. The van der Waals surface area contributed by atoms with Crippen molar-refractivity contribution in [3.8, 4) is 11.1 Å². The predicted molar refractivity (Wildman–Crippen MR) is 77.5 cm³/mol. The van der Waals surface area contributed by atoms with E-state index in [1.54, 1.807) is 0 Å². The molecule has 0 saturated heterocycles. The third kappa shape index (κ3) is 2.53. The number of nitrogen functional groups attached to an aromatic ring is 1. The molecule has 94 valence electrons. The largest absolute Gasteiger partial charge is 0.383 e. The van der Waals surface area contributed by atoms with Crippen LogP contribution in [0.2, 0.25) is 0 Å². The first-order chi connectivity index (χ1) is 8.38. The average Bonchev–Trinajstić information content (AvgIpc) is 2.32. The number of aryl methyl sites for hydroxylation is 1. The molecule has 0 atom stereocenters. The Morgan fingerprint density at radius 1 is 1.00 bits per heavy atom. The SMILES string of the molecule is Cc1cc(-c2ccc(C(C)(C)C)cc2)cnc1N. The van der Waals surface area contributed by atoms with Crippen LogP contribution in [-0.4, -0.2) is 4.98 Å². The van der Waals surface area contributed by atoms with Gasteiger partial charge in [-0.3, -0.25) is 0 Å². The van der Waals surface area contributed by atoms with Crippen LogP contribution in [0.5, 0.6) is 0 Å². The molecule has 0 saturated carbocycles. The zero-order valence-corrected chi connectivity index (χ0v) is 11.5. The highest BCUT2D eigenvalue weighted by Gasteiger charge is 2.13. The van der Waals surface area contributed by atoms with Gasteiger partial charge in [0.15, 0.2) is 0 Å². The molecule has 0 unspecified atom stereocenters. The van der Waals surface area contributed by atoms with E-state index in [2.05, 4.69) is 56.1 Å². The van der Waals surface area contributed by atoms with Gasteiger partial charge in [0.25, 0.3) is 0 Å². The molecular weight excluding hydrogens is 220 g/mol. The normalized spacial score (nSPS) is 11.6. The molecule has 0 fully saturated rings. The van der Waals surface area contributed by atoms with Crippen molar-refractivity contribution >= 4 is 5.82 Å². The molecule has 2 rings (SSSR count). The van der Waals surface area contributed by atoms with Gasteiger partial charge in [-0.25, -0.2) is 4.98 Å². The number of benzene rings is 1. The lowest BCUT2D eigenvalue weighted by atomic mass is 9.86. The minimum Gasteiger partial charge on any atom is -0.383 e. The maximum absolute atomic E-state index is 5.74. The Morgan fingerprint density at radius 2 is 1.61 bits per heavy atom. The van der Waals surface area contributed by atoms with Crippen molar-refractivity contribution in [2.24, 2.45) is 0 Å². The number of nitrogens with two attached hydrogens (primary N) is 1. The minimum atomic E-state index is 0.188. The summed E-state index contributed by atoms with van der Waals surface area (Å²) < 4.78 is 0. The van der Waals surface area contributed by atoms with Crippen molar-refractivity contribution in [2.75, 3.05) is 5.73 Å². The maximum Gasteiger partial charge on any atom is 0.126 e. The van der Waals surface area contributed by atoms with E-state index in [4.69, 9.17) is 5.73 Å². The predicted octanol–water partition coefficient (Wildman–Crippen LogP) is 3.94. The zero-order valence-electron chi connectivity index (χ0n) is 11.5. The lowest BCUT2D eigenvalue weighted by Crippen LogP contribution is -2.10. The Morgan fingerprint density at radius 3 is 2.11 bits per heavy atom. The number of hydrogen-bond acceptors (Lipinski definition) is 2. The van der Waals surface area contributed by atoms with Crippen LogP contribution in [0.4, 0.5) is 5.82 Å². The number of aromatic nitrogens is 1. The molecule has 0 aliphatic heterocycles. The highest BCUT2D eigenvalue weighted by molar-refractivity contribution is 5.65. The molecule has 2 N–H and O–H groups in total. The Hall–Kier alpha value is -1.83. The zero-order chi connectivity index (χ0) is 13.3. The number of anilines is 1. The molecule has 1 aromatic carbocycles. The van der Waals surface area contributed by atoms with Crippen molar-refractivity contribution < 1.29 is 0 Å². The average molecular weight is 240 g/mol. The molecule has 1 heterocycles. The van der Waals surface area contributed by atoms with Gasteiger partial charge in [0.2, 0.25) is 0 Å². The fourth-order valence-electron chi connectivity index (χ4n) is 1.91. The van der Waals surface area contributed by atoms with Crippen molar-refractivity contribution in [1.29, 1.82) is 0 Å². The Balaban J connectivity index is 2.37. The van der Waals surface area contributed by atoms with Crippen LogP contribution in [0.3, 0.4) is 0 Å². The fourth-order valence-corrected chi connectivity index (χ4v) is 1.91. The summed E-state index contributed by atoms with van der Waals surface area (Å²) in [6, 6.07) is 10.7. The molecule has 0 amide bonds. The molecule has 2 nitrogen and oxygen atoms in total. The minimum absolute atomic E-state index is 0.188. The first-order valence-electron chi connectivity index (χ1n) is 6.21. The van der Waals surface area contributed by atoms with E-state index in [1.807, 2.05) is 13.1 Å². The van der Waals surface area contributed by atoms with Gasteiger partial charge >= 0.3 is 0 Å². The van der Waals surface area contributed by atoms with E-state index >= 15 is 0 Å². The van der Waals surface area contributed by atoms with Gasteiger partial charge in [-0.15, -0.1) is 0 Å². The number of nitrogens with zero attached hydrogens (tertiary/aromatic N) is 1. The summed E-state index contributed by atoms with van der Waals surface area (Å²) in [5.74, 6) is 0.602. The van der Waals surface area contributed by atoms with Gasteiger partial charge in [0.1, 0.15) is 5.82 Å². The van der Waals surface area contributed by atoms with Gasteiger partial charge in [-0.2, -0.15) is 0 Å². The topological polar surface area (TPSA) is 38.9 Å². The van der Waals surface area contributed by atoms with Crippen LogP contribution < -0.4 is 5.73 Å². The van der Waals surface area contributed by atoms with Crippen LogP contribution in [0.25, 0.3) is 11.1 Å². The number of pyridine rings is 1. The molecular formula is C16H20N2. The van der Waals surface area contributed by atoms with Crippen LogP contribution in [-0.2, 0) is 5.41 Å². The van der Waals surface area contributed by atoms with Gasteiger partial charge in [-0.05, 0) is 35.1 Å². The molecule has 0 bridgehead atoms. The van der Waals surface area contributed by atoms with Gasteiger partial charge in [0, 0.05) is 11.8 Å². The fraction of sp³-hybridized carbons (Fsp3) is 0.312. The summed E-state index contributed by atoms with van der Waals surface area (Å²) in [5, 5.41) is 0. The summed E-state index contributed by atoms with van der Waals surface area (Å²) >= 11 is 0. The van der Waals surface area contributed by atoms with Gasteiger partial charge in [0.05, 0.1) is 0 Å². The highest BCUT2D eigenvalue weighted by atomic mass is 14.8.